The van der Waals surface area contributed by atoms with E-state index >= 15 is 0 Å². The molecule has 13 heteroatoms. The maximum absolute atomic E-state index is 14.0. The number of likely N-dealkylation sites (tertiary alicyclic amines) is 1. The second-order valence-corrected chi connectivity index (χ2v) is 13.2. The standard InChI is InChI=1S/C35H49N3O10/c1-20(2)8-5-9-21(3)15-17-38-26-14-13-23(36-32(44)31-29(42)28(41)30(43)33(45)48-31)18-25(26)35(47,34(38)46)22(4)10-6-12-27(40)37-16-7-11-24(37)19-39/h6,8,10,13-15,18,22,24,28-31,33,39,41-43,45,47H,5,7,9,11-12,16-17,19H2,1-4H3,(H,36,44)/b10-6+,21-15+/t22-,24+,28+,29+,30-,31+,33-,35+/m1/s1. The second kappa shape index (κ2) is 15.9. The molecule has 0 bridgehead atoms. The number of aliphatic hydroxyl groups is 6. The van der Waals surface area contributed by atoms with Crippen LogP contribution in [0.4, 0.5) is 11.4 Å². The van der Waals surface area contributed by atoms with E-state index in [1.54, 1.807) is 30.0 Å². The molecule has 0 spiro atoms. The van der Waals surface area contributed by atoms with Gasteiger partial charge in [-0.25, -0.2) is 0 Å². The maximum Gasteiger partial charge on any atom is 0.264 e. The van der Waals surface area contributed by atoms with Gasteiger partial charge >= 0.3 is 0 Å². The van der Waals surface area contributed by atoms with Gasteiger partial charge in [-0.3, -0.25) is 14.4 Å². The van der Waals surface area contributed by atoms with Gasteiger partial charge in [-0.05, 0) is 64.7 Å². The molecule has 0 aromatic heterocycles. The minimum Gasteiger partial charge on any atom is -0.394 e. The van der Waals surface area contributed by atoms with Crippen molar-refractivity contribution in [3.8, 4) is 0 Å². The highest BCUT2D eigenvalue weighted by atomic mass is 16.6. The lowest BCUT2D eigenvalue weighted by Crippen LogP contribution is -2.60. The molecule has 3 amide bonds. The normalized spacial score (nSPS) is 29.7. The molecule has 1 aromatic rings. The topological polar surface area (TPSA) is 200 Å². The number of fused-ring (bicyclic) bond motifs is 1. The predicted molar refractivity (Wildman–Crippen MR) is 177 cm³/mol. The Morgan fingerprint density at radius 2 is 1.83 bits per heavy atom. The molecule has 0 unspecified atom stereocenters. The molecule has 48 heavy (non-hydrogen) atoms. The highest BCUT2D eigenvalue weighted by Crippen LogP contribution is 2.46. The van der Waals surface area contributed by atoms with Gasteiger partial charge in [0, 0.05) is 36.7 Å². The third kappa shape index (κ3) is 7.89. The first kappa shape index (κ1) is 37.4. The molecule has 3 aliphatic heterocycles. The summed E-state index contributed by atoms with van der Waals surface area (Å²) in [6.45, 7) is 8.34. The fourth-order valence-electron chi connectivity index (χ4n) is 6.42. The maximum atomic E-state index is 14.0. The summed E-state index contributed by atoms with van der Waals surface area (Å²) >= 11 is 0. The SMILES string of the molecule is CC(C)=CCC/C(C)=C/CN1C(=O)[C@](O)([C@H](C)/C=C/CC(=O)N2CCC[C@H]2CO)c2cc(NC(=O)[C@H]3O[C@@H](O)[C@H](O)[C@@H](O)[C@@H]3O)ccc21. The summed E-state index contributed by atoms with van der Waals surface area (Å²) in [5.74, 6) is -2.47. The first-order chi connectivity index (χ1) is 22.7. The number of carbonyl (C=O) groups is 3. The number of hydrogen-bond donors (Lipinski definition) is 7. The molecular weight excluding hydrogens is 622 g/mol. The molecule has 8 atom stereocenters. The predicted octanol–water partition coefficient (Wildman–Crippen LogP) is 1.22. The Balaban J connectivity index is 1.60. The van der Waals surface area contributed by atoms with Crippen LogP contribution in [0.5, 0.6) is 0 Å². The molecule has 1 aromatic carbocycles. The van der Waals surface area contributed by atoms with Crippen molar-refractivity contribution in [2.75, 3.05) is 29.9 Å². The third-order valence-electron chi connectivity index (χ3n) is 9.38. The molecule has 0 saturated carbocycles. The van der Waals surface area contributed by atoms with E-state index in [0.29, 0.717) is 12.2 Å². The van der Waals surface area contributed by atoms with Crippen LogP contribution in [0, 0.1) is 5.92 Å². The Hall–Kier alpha value is -3.43. The lowest BCUT2D eigenvalue weighted by Gasteiger charge is -2.37. The molecular formula is C35H49N3O10. The molecule has 3 aliphatic rings. The lowest BCUT2D eigenvalue weighted by molar-refractivity contribution is -0.274. The lowest BCUT2D eigenvalue weighted by atomic mass is 9.82. The molecule has 2 saturated heterocycles. The van der Waals surface area contributed by atoms with Gasteiger partial charge in [-0.15, -0.1) is 0 Å². The van der Waals surface area contributed by atoms with Crippen LogP contribution in [0.15, 0.2) is 53.6 Å². The summed E-state index contributed by atoms with van der Waals surface area (Å²) in [7, 11) is 0. The number of allylic oxidation sites excluding steroid dienone is 3. The van der Waals surface area contributed by atoms with Gasteiger partial charge in [0.2, 0.25) is 5.91 Å². The molecule has 13 nitrogen and oxygen atoms in total. The van der Waals surface area contributed by atoms with E-state index in [4.69, 9.17) is 4.74 Å². The van der Waals surface area contributed by atoms with Crippen LogP contribution in [0.3, 0.4) is 0 Å². The van der Waals surface area contributed by atoms with Crippen LogP contribution in [-0.2, 0) is 24.7 Å². The summed E-state index contributed by atoms with van der Waals surface area (Å²) in [4.78, 5) is 43.0. The number of anilines is 2. The van der Waals surface area contributed by atoms with E-state index in [9.17, 15) is 45.0 Å². The zero-order chi connectivity index (χ0) is 35.3. The van der Waals surface area contributed by atoms with E-state index in [0.717, 1.165) is 31.3 Å². The summed E-state index contributed by atoms with van der Waals surface area (Å²) in [6.07, 6.45) is 1.41. The Morgan fingerprint density at radius 1 is 1.10 bits per heavy atom. The van der Waals surface area contributed by atoms with Crippen LogP contribution in [-0.4, -0.2) is 110 Å². The van der Waals surface area contributed by atoms with Crippen molar-refractivity contribution < 1.29 is 49.8 Å². The van der Waals surface area contributed by atoms with E-state index in [2.05, 4.69) is 11.4 Å². The monoisotopic (exact) mass is 671 g/mol. The Labute approximate surface area is 280 Å². The molecule has 7 N–H and O–H groups in total. The van der Waals surface area contributed by atoms with E-state index in [-0.39, 0.29) is 42.8 Å². The Kier molecular flexibility index (Phi) is 12.3. The largest absolute Gasteiger partial charge is 0.394 e. The van der Waals surface area contributed by atoms with Crippen molar-refractivity contribution in [1.82, 2.24) is 4.90 Å². The summed E-state index contributed by atoms with van der Waals surface area (Å²) < 4.78 is 5.04. The van der Waals surface area contributed by atoms with Gasteiger partial charge in [0.05, 0.1) is 18.3 Å². The van der Waals surface area contributed by atoms with Gasteiger partial charge in [0.1, 0.15) is 18.3 Å². The molecule has 0 radical (unpaired) electrons. The van der Waals surface area contributed by atoms with Crippen molar-refractivity contribution in [2.45, 2.75) is 102 Å². The Bertz CT molecular complexity index is 1440. The van der Waals surface area contributed by atoms with Crippen molar-refractivity contribution in [3.05, 3.63) is 59.2 Å². The van der Waals surface area contributed by atoms with Crippen LogP contribution < -0.4 is 10.2 Å². The van der Waals surface area contributed by atoms with Crippen molar-refractivity contribution in [1.29, 1.82) is 0 Å². The van der Waals surface area contributed by atoms with E-state index in [1.165, 1.54) is 22.6 Å². The highest BCUT2D eigenvalue weighted by molar-refractivity contribution is 6.08. The fourth-order valence-corrected chi connectivity index (χ4v) is 6.42. The number of amides is 3. The molecule has 2 fully saturated rings. The Morgan fingerprint density at radius 3 is 2.52 bits per heavy atom. The van der Waals surface area contributed by atoms with Crippen molar-refractivity contribution >= 4 is 29.1 Å². The number of rotatable bonds is 12. The number of hydrogen-bond acceptors (Lipinski definition) is 10. The number of benzene rings is 1. The zero-order valence-corrected chi connectivity index (χ0v) is 28.0. The van der Waals surface area contributed by atoms with Gasteiger partial charge in [-0.1, -0.05) is 42.4 Å². The molecule has 0 aliphatic carbocycles. The summed E-state index contributed by atoms with van der Waals surface area (Å²) in [5.41, 5.74) is 0.989. The van der Waals surface area contributed by atoms with Gasteiger partial charge in [0.25, 0.3) is 11.8 Å². The van der Waals surface area contributed by atoms with Crippen LogP contribution in [0.1, 0.15) is 65.4 Å². The molecule has 264 valence electrons. The zero-order valence-electron chi connectivity index (χ0n) is 28.0. The van der Waals surface area contributed by atoms with Crippen molar-refractivity contribution in [3.63, 3.8) is 0 Å². The van der Waals surface area contributed by atoms with Gasteiger partial charge in [0.15, 0.2) is 18.0 Å². The first-order valence-corrected chi connectivity index (χ1v) is 16.4. The third-order valence-corrected chi connectivity index (χ3v) is 9.38. The average molecular weight is 672 g/mol. The number of carbonyl (C=O) groups excluding carboxylic acids is 3. The quantitative estimate of drug-likeness (QED) is 0.159. The fraction of sp³-hybridized carbons (Fsp3) is 0.571. The van der Waals surface area contributed by atoms with Crippen LogP contribution in [0.25, 0.3) is 0 Å². The first-order valence-electron chi connectivity index (χ1n) is 16.4. The van der Waals surface area contributed by atoms with E-state index in [1.807, 2.05) is 26.8 Å². The minimum absolute atomic E-state index is 0.0293. The minimum atomic E-state index is -2.07. The second-order valence-electron chi connectivity index (χ2n) is 13.2. The average Bonchev–Trinajstić information content (AvgIpc) is 3.61. The highest BCUT2D eigenvalue weighted by Gasteiger charge is 2.53. The number of nitrogens with one attached hydrogen (secondary N) is 1. The van der Waals surface area contributed by atoms with Gasteiger partial charge < -0.3 is 50.5 Å². The van der Waals surface area contributed by atoms with Crippen LogP contribution >= 0.6 is 0 Å². The van der Waals surface area contributed by atoms with E-state index < -0.39 is 54.0 Å². The molecule has 4 rings (SSSR count). The summed E-state index contributed by atoms with van der Waals surface area (Å²) in [6, 6.07) is 4.33. The smallest absolute Gasteiger partial charge is 0.264 e. The van der Waals surface area contributed by atoms with Crippen molar-refractivity contribution in [2.24, 2.45) is 5.92 Å². The number of ether oxygens (including phenoxy) is 1. The number of aliphatic hydroxyl groups excluding tert-OH is 5. The molecule has 3 heterocycles. The number of nitrogens with zero attached hydrogens (tertiary/aromatic N) is 2. The van der Waals surface area contributed by atoms with Crippen LogP contribution in [0.2, 0.25) is 0 Å². The summed E-state index contributed by atoms with van der Waals surface area (Å²) in [5, 5.41) is 64.2. The van der Waals surface area contributed by atoms with Gasteiger partial charge in [-0.2, -0.15) is 0 Å².